The van der Waals surface area contributed by atoms with Gasteiger partial charge >= 0.3 is 5.97 Å². The lowest BCUT2D eigenvalue weighted by Crippen LogP contribution is -1.91. The molecule has 15 heavy (non-hydrogen) atoms. The molecule has 1 N–H and O–H groups in total. The highest BCUT2D eigenvalue weighted by Gasteiger charge is 1.94. The van der Waals surface area contributed by atoms with Crippen LogP contribution in [0.2, 0.25) is 0 Å². The lowest BCUT2D eigenvalue weighted by molar-refractivity contribution is -0.136. The third-order valence-electron chi connectivity index (χ3n) is 2.37. The Hall–Kier alpha value is -1.57. The first-order valence-electron chi connectivity index (χ1n) is 5.05. The molecule has 0 amide bonds. The van der Waals surface area contributed by atoms with E-state index in [4.69, 9.17) is 5.11 Å². The predicted octanol–water partition coefficient (Wildman–Crippen LogP) is 3.18. The predicted molar refractivity (Wildman–Crippen MR) is 61.8 cm³/mol. The Morgan fingerprint density at radius 2 is 2.07 bits per heavy atom. The first-order chi connectivity index (χ1) is 7.09. The molecule has 1 rings (SSSR count). The van der Waals surface area contributed by atoms with E-state index in [1.807, 2.05) is 18.2 Å². The van der Waals surface area contributed by atoms with Gasteiger partial charge < -0.3 is 5.11 Å². The smallest absolute Gasteiger partial charge is 0.303 e. The highest BCUT2D eigenvalue weighted by atomic mass is 16.4. The summed E-state index contributed by atoms with van der Waals surface area (Å²) in [6.07, 6.45) is 4.65. The van der Waals surface area contributed by atoms with Crippen molar-refractivity contribution in [3.8, 4) is 0 Å². The van der Waals surface area contributed by atoms with Crippen LogP contribution in [-0.4, -0.2) is 11.1 Å². The van der Waals surface area contributed by atoms with Crippen LogP contribution in [0.1, 0.15) is 29.5 Å². The van der Waals surface area contributed by atoms with Gasteiger partial charge in [-0.25, -0.2) is 0 Å². The normalized spacial score (nSPS) is 10.8. The Morgan fingerprint density at radius 3 is 2.67 bits per heavy atom. The second-order valence-corrected chi connectivity index (χ2v) is 3.68. The number of hydrogen-bond acceptors (Lipinski definition) is 1. The second-order valence-electron chi connectivity index (χ2n) is 3.68. The molecule has 0 saturated carbocycles. The fraction of sp³-hybridized carbons (Fsp3) is 0.308. The van der Waals surface area contributed by atoms with Crippen molar-refractivity contribution in [1.29, 1.82) is 0 Å². The molecule has 1 aromatic carbocycles. The van der Waals surface area contributed by atoms with Gasteiger partial charge in [0.05, 0.1) is 0 Å². The fourth-order valence-corrected chi connectivity index (χ4v) is 1.29. The van der Waals surface area contributed by atoms with Crippen molar-refractivity contribution < 1.29 is 9.90 Å². The van der Waals surface area contributed by atoms with Crippen molar-refractivity contribution in [3.05, 3.63) is 41.0 Å². The molecule has 0 heterocycles. The first kappa shape index (κ1) is 11.5. The van der Waals surface area contributed by atoms with Crippen LogP contribution in [0.4, 0.5) is 0 Å². The summed E-state index contributed by atoms with van der Waals surface area (Å²) < 4.78 is 0. The van der Waals surface area contributed by atoms with E-state index in [0.29, 0.717) is 6.42 Å². The van der Waals surface area contributed by atoms with E-state index in [-0.39, 0.29) is 6.42 Å². The number of hydrogen-bond donors (Lipinski definition) is 1. The lowest BCUT2D eigenvalue weighted by atomic mass is 10.1. The molecule has 0 unspecified atom stereocenters. The minimum Gasteiger partial charge on any atom is -0.481 e. The van der Waals surface area contributed by atoms with Crippen LogP contribution in [0, 0.1) is 13.8 Å². The van der Waals surface area contributed by atoms with E-state index in [0.717, 1.165) is 5.56 Å². The molecule has 2 heteroatoms. The minimum atomic E-state index is -0.750. The van der Waals surface area contributed by atoms with E-state index in [2.05, 4.69) is 26.0 Å². The highest BCUT2D eigenvalue weighted by Crippen LogP contribution is 2.11. The Bertz CT molecular complexity index is 378. The van der Waals surface area contributed by atoms with Crippen molar-refractivity contribution in [2.75, 3.05) is 0 Å². The zero-order chi connectivity index (χ0) is 11.3. The Kier molecular flexibility index (Phi) is 4.10. The topological polar surface area (TPSA) is 37.3 Å². The van der Waals surface area contributed by atoms with Gasteiger partial charge in [-0.3, -0.25) is 4.79 Å². The molecule has 0 spiro atoms. The third kappa shape index (κ3) is 3.98. The molecular formula is C13H16O2. The molecule has 80 valence electrons. The summed E-state index contributed by atoms with van der Waals surface area (Å²) in [5.74, 6) is -0.750. The summed E-state index contributed by atoms with van der Waals surface area (Å²) in [5.41, 5.74) is 3.66. The molecule has 0 aliphatic rings. The van der Waals surface area contributed by atoms with Crippen LogP contribution in [0.3, 0.4) is 0 Å². The van der Waals surface area contributed by atoms with E-state index in [9.17, 15) is 4.79 Å². The molecule has 1 aromatic rings. The van der Waals surface area contributed by atoms with Crippen molar-refractivity contribution in [2.45, 2.75) is 26.7 Å². The van der Waals surface area contributed by atoms with Crippen molar-refractivity contribution >= 4 is 12.0 Å². The number of benzene rings is 1. The molecule has 0 saturated heterocycles. The van der Waals surface area contributed by atoms with Crippen LogP contribution >= 0.6 is 0 Å². The summed E-state index contributed by atoms with van der Waals surface area (Å²) >= 11 is 0. The standard InChI is InChI=1S/C13H16O2/c1-10-7-8-12(9-11(10)2)5-3-4-6-13(14)15/h3,5,7-9H,4,6H2,1-2H3,(H,14,15). The lowest BCUT2D eigenvalue weighted by Gasteiger charge is -2.00. The van der Waals surface area contributed by atoms with Gasteiger partial charge in [0.25, 0.3) is 0 Å². The SMILES string of the molecule is Cc1ccc(C=CCCC(=O)O)cc1C. The summed E-state index contributed by atoms with van der Waals surface area (Å²) in [5, 5.41) is 8.46. The molecule has 0 bridgehead atoms. The zero-order valence-electron chi connectivity index (χ0n) is 9.16. The molecular weight excluding hydrogens is 188 g/mol. The Labute approximate surface area is 90.3 Å². The minimum absolute atomic E-state index is 0.196. The van der Waals surface area contributed by atoms with Gasteiger partial charge in [0, 0.05) is 6.42 Å². The van der Waals surface area contributed by atoms with Crippen molar-refractivity contribution in [1.82, 2.24) is 0 Å². The largest absolute Gasteiger partial charge is 0.481 e. The molecule has 0 fully saturated rings. The maximum Gasteiger partial charge on any atom is 0.303 e. The van der Waals surface area contributed by atoms with E-state index >= 15 is 0 Å². The summed E-state index contributed by atoms with van der Waals surface area (Å²) in [6.45, 7) is 4.15. The number of allylic oxidation sites excluding steroid dienone is 1. The number of carboxylic acids is 1. The van der Waals surface area contributed by atoms with Gasteiger partial charge in [-0.15, -0.1) is 0 Å². The van der Waals surface area contributed by atoms with Crippen LogP contribution < -0.4 is 0 Å². The molecule has 0 aliphatic carbocycles. The van der Waals surface area contributed by atoms with Crippen LogP contribution in [0.5, 0.6) is 0 Å². The average molecular weight is 204 g/mol. The summed E-state index contributed by atoms with van der Waals surface area (Å²) in [7, 11) is 0. The van der Waals surface area contributed by atoms with E-state index < -0.39 is 5.97 Å². The van der Waals surface area contributed by atoms with Gasteiger partial charge in [0.1, 0.15) is 0 Å². The summed E-state index contributed by atoms with van der Waals surface area (Å²) in [4.78, 5) is 10.3. The maximum absolute atomic E-state index is 10.3. The second kappa shape index (κ2) is 5.35. The first-order valence-corrected chi connectivity index (χ1v) is 5.05. The van der Waals surface area contributed by atoms with Crippen LogP contribution in [-0.2, 0) is 4.79 Å². The van der Waals surface area contributed by atoms with Crippen molar-refractivity contribution in [2.24, 2.45) is 0 Å². The van der Waals surface area contributed by atoms with Gasteiger partial charge in [-0.1, -0.05) is 30.4 Å². The Balaban J connectivity index is 2.57. The molecule has 2 nitrogen and oxygen atoms in total. The number of rotatable bonds is 4. The summed E-state index contributed by atoms with van der Waals surface area (Å²) in [6, 6.07) is 6.22. The quantitative estimate of drug-likeness (QED) is 0.817. The van der Waals surface area contributed by atoms with Crippen molar-refractivity contribution in [3.63, 3.8) is 0 Å². The fourth-order valence-electron chi connectivity index (χ4n) is 1.29. The molecule has 0 atom stereocenters. The van der Waals surface area contributed by atoms with Gasteiger partial charge in [-0.05, 0) is 37.0 Å². The number of aliphatic carboxylic acids is 1. The maximum atomic E-state index is 10.3. The zero-order valence-corrected chi connectivity index (χ0v) is 9.16. The molecule has 0 aromatic heterocycles. The van der Waals surface area contributed by atoms with Gasteiger partial charge in [-0.2, -0.15) is 0 Å². The monoisotopic (exact) mass is 204 g/mol. The Morgan fingerprint density at radius 1 is 1.33 bits per heavy atom. The third-order valence-corrected chi connectivity index (χ3v) is 2.37. The van der Waals surface area contributed by atoms with Crippen LogP contribution in [0.25, 0.3) is 6.08 Å². The molecule has 0 radical (unpaired) electrons. The van der Waals surface area contributed by atoms with E-state index in [1.165, 1.54) is 11.1 Å². The number of carbonyl (C=O) groups is 1. The molecule has 0 aliphatic heterocycles. The average Bonchev–Trinajstić information content (AvgIpc) is 2.18. The van der Waals surface area contributed by atoms with Gasteiger partial charge in [0.2, 0.25) is 0 Å². The van der Waals surface area contributed by atoms with Crippen LogP contribution in [0.15, 0.2) is 24.3 Å². The highest BCUT2D eigenvalue weighted by molar-refractivity contribution is 5.67. The number of aryl methyl sites for hydroxylation is 2. The number of carboxylic acid groups (broad SMARTS) is 1. The van der Waals surface area contributed by atoms with E-state index in [1.54, 1.807) is 0 Å². The van der Waals surface area contributed by atoms with Gasteiger partial charge in [0.15, 0.2) is 0 Å².